The highest BCUT2D eigenvalue weighted by Crippen LogP contribution is 2.07. The quantitative estimate of drug-likeness (QED) is 0.465. The first-order valence-corrected chi connectivity index (χ1v) is 4.66. The molecular formula is C8H14IN. The highest BCUT2D eigenvalue weighted by atomic mass is 127. The van der Waals surface area contributed by atoms with E-state index in [9.17, 15) is 0 Å². The molecular weight excluding hydrogens is 237 g/mol. The van der Waals surface area contributed by atoms with Crippen molar-refractivity contribution in [1.82, 2.24) is 0 Å². The normalized spacial score (nSPS) is 16.1. The van der Waals surface area contributed by atoms with Crippen molar-refractivity contribution in [3.05, 3.63) is 23.9 Å². The van der Waals surface area contributed by atoms with Crippen LogP contribution in [0.2, 0.25) is 0 Å². The maximum atomic E-state index is 5.28. The first kappa shape index (κ1) is 10.0. The van der Waals surface area contributed by atoms with E-state index in [4.69, 9.17) is 5.73 Å². The van der Waals surface area contributed by atoms with Gasteiger partial charge < -0.3 is 5.73 Å². The van der Waals surface area contributed by atoms with Gasteiger partial charge in [0.05, 0.1) is 0 Å². The number of halogens is 1. The van der Waals surface area contributed by atoms with Gasteiger partial charge in [0.25, 0.3) is 0 Å². The molecule has 0 aliphatic carbocycles. The molecule has 1 atom stereocenters. The first-order chi connectivity index (χ1) is 4.70. The van der Waals surface area contributed by atoms with Crippen LogP contribution in [0.1, 0.15) is 20.3 Å². The number of hydrogen-bond donors (Lipinski definition) is 1. The van der Waals surface area contributed by atoms with Crippen LogP contribution < -0.4 is 5.73 Å². The van der Waals surface area contributed by atoms with Gasteiger partial charge in [-0.3, -0.25) is 0 Å². The van der Waals surface area contributed by atoms with E-state index in [1.165, 1.54) is 6.42 Å². The van der Waals surface area contributed by atoms with Crippen LogP contribution in [-0.4, -0.2) is 3.92 Å². The zero-order chi connectivity index (χ0) is 7.98. The van der Waals surface area contributed by atoms with Crippen molar-refractivity contribution in [1.29, 1.82) is 0 Å². The number of nitrogens with two attached hydrogens (primary N) is 1. The van der Waals surface area contributed by atoms with Crippen molar-refractivity contribution in [2.24, 2.45) is 5.73 Å². The van der Waals surface area contributed by atoms with Crippen LogP contribution >= 0.6 is 22.6 Å². The second-order valence-electron chi connectivity index (χ2n) is 2.19. The summed E-state index contributed by atoms with van der Waals surface area (Å²) < 4.78 is 0.632. The van der Waals surface area contributed by atoms with Gasteiger partial charge in [0, 0.05) is 3.92 Å². The topological polar surface area (TPSA) is 26.0 Å². The molecule has 0 fully saturated rings. The van der Waals surface area contributed by atoms with Gasteiger partial charge in [-0.2, -0.15) is 0 Å². The largest absolute Gasteiger partial charge is 0.404 e. The molecule has 0 saturated heterocycles. The van der Waals surface area contributed by atoms with Gasteiger partial charge in [-0.15, -0.1) is 0 Å². The molecule has 0 saturated carbocycles. The fraction of sp³-hybridized carbons (Fsp3) is 0.500. The predicted octanol–water partition coefficient (Wildman–Crippen LogP) is 2.62. The fourth-order valence-corrected chi connectivity index (χ4v) is 0.655. The van der Waals surface area contributed by atoms with Crippen LogP contribution in [0.15, 0.2) is 23.9 Å². The monoisotopic (exact) mass is 251 g/mol. The van der Waals surface area contributed by atoms with Crippen LogP contribution in [0, 0.1) is 0 Å². The fourth-order valence-electron chi connectivity index (χ4n) is 0.448. The third-order valence-electron chi connectivity index (χ3n) is 1.22. The second kappa shape index (κ2) is 5.77. The minimum Gasteiger partial charge on any atom is -0.404 e. The van der Waals surface area contributed by atoms with Crippen molar-refractivity contribution >= 4 is 22.6 Å². The van der Waals surface area contributed by atoms with Crippen LogP contribution in [0.4, 0.5) is 0 Å². The average molecular weight is 251 g/mol. The molecule has 0 aromatic heterocycles. The van der Waals surface area contributed by atoms with E-state index in [0.29, 0.717) is 3.92 Å². The highest BCUT2D eigenvalue weighted by molar-refractivity contribution is 14.1. The van der Waals surface area contributed by atoms with Crippen molar-refractivity contribution in [3.8, 4) is 0 Å². The summed E-state index contributed by atoms with van der Waals surface area (Å²) >= 11 is 2.40. The molecule has 0 bridgehead atoms. The van der Waals surface area contributed by atoms with E-state index in [1.807, 2.05) is 6.92 Å². The van der Waals surface area contributed by atoms with Gasteiger partial charge in [-0.25, -0.2) is 0 Å². The SMILES string of the molecule is CCC(I)/C=C\C(C)=C/N. The molecule has 0 aliphatic heterocycles. The summed E-state index contributed by atoms with van der Waals surface area (Å²) in [5, 5.41) is 0. The summed E-state index contributed by atoms with van der Waals surface area (Å²) in [7, 11) is 0. The number of rotatable bonds is 3. The maximum absolute atomic E-state index is 5.28. The number of alkyl halides is 1. The Bertz CT molecular complexity index is 138. The summed E-state index contributed by atoms with van der Waals surface area (Å²) in [5.41, 5.74) is 6.40. The second-order valence-corrected chi connectivity index (χ2v) is 3.79. The molecule has 0 heterocycles. The maximum Gasteiger partial charge on any atom is 0.0289 e. The average Bonchev–Trinajstić information content (AvgIpc) is 1.99. The Kier molecular flexibility index (Phi) is 5.78. The highest BCUT2D eigenvalue weighted by Gasteiger charge is 1.91. The molecule has 2 heteroatoms. The lowest BCUT2D eigenvalue weighted by atomic mass is 10.2. The van der Waals surface area contributed by atoms with Gasteiger partial charge in [-0.1, -0.05) is 41.7 Å². The third kappa shape index (κ3) is 4.85. The van der Waals surface area contributed by atoms with Gasteiger partial charge in [0.2, 0.25) is 0 Å². The lowest BCUT2D eigenvalue weighted by molar-refractivity contribution is 1.01. The van der Waals surface area contributed by atoms with Crippen LogP contribution in [0.25, 0.3) is 0 Å². The van der Waals surface area contributed by atoms with E-state index in [-0.39, 0.29) is 0 Å². The Morgan fingerprint density at radius 2 is 2.30 bits per heavy atom. The van der Waals surface area contributed by atoms with Crippen LogP contribution in [0.5, 0.6) is 0 Å². The van der Waals surface area contributed by atoms with Crippen molar-refractivity contribution < 1.29 is 0 Å². The van der Waals surface area contributed by atoms with Crippen molar-refractivity contribution in [2.75, 3.05) is 0 Å². The molecule has 0 radical (unpaired) electrons. The lowest BCUT2D eigenvalue weighted by Gasteiger charge is -1.96. The van der Waals surface area contributed by atoms with Gasteiger partial charge >= 0.3 is 0 Å². The molecule has 2 N–H and O–H groups in total. The van der Waals surface area contributed by atoms with Crippen molar-refractivity contribution in [3.63, 3.8) is 0 Å². The number of allylic oxidation sites excluding steroid dienone is 3. The van der Waals surface area contributed by atoms with Crippen molar-refractivity contribution in [2.45, 2.75) is 24.2 Å². The minimum atomic E-state index is 0.632. The first-order valence-electron chi connectivity index (χ1n) is 3.41. The molecule has 0 aromatic carbocycles. The summed E-state index contributed by atoms with van der Waals surface area (Å²) in [6.45, 7) is 4.17. The Labute approximate surface area is 76.5 Å². The predicted molar refractivity (Wildman–Crippen MR) is 55.2 cm³/mol. The molecule has 0 rings (SSSR count). The zero-order valence-electron chi connectivity index (χ0n) is 6.47. The molecule has 1 unspecified atom stereocenters. The Morgan fingerprint density at radius 1 is 1.70 bits per heavy atom. The zero-order valence-corrected chi connectivity index (χ0v) is 8.63. The summed E-state index contributed by atoms with van der Waals surface area (Å²) in [6, 6.07) is 0. The van der Waals surface area contributed by atoms with E-state index in [1.54, 1.807) is 6.20 Å². The molecule has 58 valence electrons. The van der Waals surface area contributed by atoms with Gasteiger partial charge in [0.15, 0.2) is 0 Å². The molecule has 0 amide bonds. The molecule has 0 aromatic rings. The van der Waals surface area contributed by atoms with Gasteiger partial charge in [-0.05, 0) is 25.1 Å². The summed E-state index contributed by atoms with van der Waals surface area (Å²) in [5.74, 6) is 0. The Morgan fingerprint density at radius 3 is 2.70 bits per heavy atom. The smallest absolute Gasteiger partial charge is 0.0289 e. The Balaban J connectivity index is 3.75. The van der Waals surface area contributed by atoms with E-state index in [0.717, 1.165) is 5.57 Å². The molecule has 0 aliphatic rings. The molecule has 0 spiro atoms. The Hall–Kier alpha value is 0.01000. The standard InChI is InChI=1S/C8H14IN/c1-3-8(9)5-4-7(2)6-10/h4-6,8H,3,10H2,1-2H3/b5-4-,7-6-. The molecule has 10 heavy (non-hydrogen) atoms. The summed E-state index contributed by atoms with van der Waals surface area (Å²) in [4.78, 5) is 0. The third-order valence-corrected chi connectivity index (χ3v) is 2.52. The number of hydrogen-bond acceptors (Lipinski definition) is 1. The van der Waals surface area contributed by atoms with Gasteiger partial charge in [0.1, 0.15) is 0 Å². The molecule has 1 nitrogen and oxygen atoms in total. The summed E-state index contributed by atoms with van der Waals surface area (Å²) in [6.07, 6.45) is 7.02. The van der Waals surface area contributed by atoms with Crippen LogP contribution in [0.3, 0.4) is 0 Å². The van der Waals surface area contributed by atoms with E-state index >= 15 is 0 Å². The lowest BCUT2D eigenvalue weighted by Crippen LogP contribution is -1.88. The van der Waals surface area contributed by atoms with E-state index < -0.39 is 0 Å². The minimum absolute atomic E-state index is 0.632. The van der Waals surface area contributed by atoms with E-state index in [2.05, 4.69) is 41.7 Å². The van der Waals surface area contributed by atoms with Crippen LogP contribution in [-0.2, 0) is 0 Å².